The van der Waals surface area contributed by atoms with E-state index in [-0.39, 0.29) is 0 Å². The zero-order chi connectivity index (χ0) is 12.3. The first-order valence-corrected chi connectivity index (χ1v) is 6.79. The predicted molar refractivity (Wildman–Crippen MR) is 74.5 cm³/mol. The second-order valence-corrected chi connectivity index (χ2v) is 5.15. The third-order valence-corrected chi connectivity index (χ3v) is 3.55. The number of nitrogens with zero attached hydrogens (tertiary/aromatic N) is 1. The third kappa shape index (κ3) is 3.22. The maximum atomic E-state index is 5.72. The third-order valence-electron chi connectivity index (χ3n) is 3.55. The summed E-state index contributed by atoms with van der Waals surface area (Å²) in [6, 6.07) is 6.77. The second-order valence-electron chi connectivity index (χ2n) is 5.15. The van der Waals surface area contributed by atoms with Gasteiger partial charge in [0, 0.05) is 18.8 Å². The summed E-state index contributed by atoms with van der Waals surface area (Å²) in [5.41, 5.74) is 9.86. The molecule has 94 valence electrons. The van der Waals surface area contributed by atoms with Crippen molar-refractivity contribution in [2.24, 2.45) is 11.7 Å². The van der Waals surface area contributed by atoms with Crippen molar-refractivity contribution in [1.82, 2.24) is 0 Å². The van der Waals surface area contributed by atoms with Crippen LogP contribution in [0.4, 0.5) is 5.69 Å². The molecule has 0 radical (unpaired) electrons. The van der Waals surface area contributed by atoms with Crippen LogP contribution in [0.3, 0.4) is 0 Å². The van der Waals surface area contributed by atoms with E-state index >= 15 is 0 Å². The van der Waals surface area contributed by atoms with Crippen LogP contribution in [0.1, 0.15) is 30.9 Å². The van der Waals surface area contributed by atoms with Crippen molar-refractivity contribution < 1.29 is 0 Å². The number of hydrogen-bond acceptors (Lipinski definition) is 2. The van der Waals surface area contributed by atoms with E-state index in [1.165, 1.54) is 36.2 Å². The summed E-state index contributed by atoms with van der Waals surface area (Å²) in [7, 11) is 0. The van der Waals surface area contributed by atoms with E-state index < -0.39 is 0 Å². The molecule has 0 saturated heterocycles. The fourth-order valence-electron chi connectivity index (χ4n) is 2.39. The smallest absolute Gasteiger partial charge is 0.0399 e. The molecule has 1 aromatic carbocycles. The Morgan fingerprint density at radius 2 is 2.12 bits per heavy atom. The SMILES string of the molecule is CCN(CC1CC1)c1ccc(C)cc1CCN. The summed E-state index contributed by atoms with van der Waals surface area (Å²) in [6.45, 7) is 7.45. The van der Waals surface area contributed by atoms with Gasteiger partial charge < -0.3 is 10.6 Å². The Morgan fingerprint density at radius 1 is 1.35 bits per heavy atom. The molecule has 1 aromatic rings. The largest absolute Gasteiger partial charge is 0.371 e. The van der Waals surface area contributed by atoms with Crippen molar-refractivity contribution in [3.8, 4) is 0 Å². The number of benzene rings is 1. The van der Waals surface area contributed by atoms with Gasteiger partial charge >= 0.3 is 0 Å². The van der Waals surface area contributed by atoms with Crippen LogP contribution >= 0.6 is 0 Å². The number of aryl methyl sites for hydroxylation is 1. The molecule has 0 unspecified atom stereocenters. The van der Waals surface area contributed by atoms with Gasteiger partial charge in [0.15, 0.2) is 0 Å². The van der Waals surface area contributed by atoms with Crippen LogP contribution in [-0.4, -0.2) is 19.6 Å². The Morgan fingerprint density at radius 3 is 2.71 bits per heavy atom. The van der Waals surface area contributed by atoms with E-state index in [4.69, 9.17) is 5.73 Å². The lowest BCUT2D eigenvalue weighted by atomic mass is 10.0. The molecule has 2 N–H and O–H groups in total. The lowest BCUT2D eigenvalue weighted by Gasteiger charge is -2.26. The van der Waals surface area contributed by atoms with Crippen molar-refractivity contribution in [2.45, 2.75) is 33.1 Å². The molecule has 2 heteroatoms. The summed E-state index contributed by atoms with van der Waals surface area (Å²) in [6.07, 6.45) is 3.81. The Kier molecular flexibility index (Phi) is 4.06. The molecule has 0 bridgehead atoms. The maximum Gasteiger partial charge on any atom is 0.0399 e. The highest BCUT2D eigenvalue weighted by Gasteiger charge is 2.24. The van der Waals surface area contributed by atoms with Gasteiger partial charge in [-0.05, 0) is 57.2 Å². The fraction of sp³-hybridized carbons (Fsp3) is 0.600. The van der Waals surface area contributed by atoms with Gasteiger partial charge in [-0.2, -0.15) is 0 Å². The van der Waals surface area contributed by atoms with Crippen molar-refractivity contribution >= 4 is 5.69 Å². The molecular formula is C15H24N2. The maximum absolute atomic E-state index is 5.72. The Bertz CT molecular complexity index is 369. The first-order valence-electron chi connectivity index (χ1n) is 6.79. The highest BCUT2D eigenvalue weighted by atomic mass is 15.1. The van der Waals surface area contributed by atoms with Crippen LogP contribution in [-0.2, 0) is 6.42 Å². The number of rotatable bonds is 6. The van der Waals surface area contributed by atoms with Crippen molar-refractivity contribution in [1.29, 1.82) is 0 Å². The molecule has 0 amide bonds. The topological polar surface area (TPSA) is 29.3 Å². The van der Waals surface area contributed by atoms with Crippen LogP contribution in [0.5, 0.6) is 0 Å². The van der Waals surface area contributed by atoms with Gasteiger partial charge in [-0.3, -0.25) is 0 Å². The van der Waals surface area contributed by atoms with E-state index in [1.807, 2.05) is 0 Å². The van der Waals surface area contributed by atoms with Gasteiger partial charge in [0.05, 0.1) is 0 Å². The van der Waals surface area contributed by atoms with Crippen LogP contribution in [0.15, 0.2) is 18.2 Å². The number of anilines is 1. The summed E-state index contributed by atoms with van der Waals surface area (Å²) in [5.74, 6) is 0.932. The minimum absolute atomic E-state index is 0.734. The molecule has 17 heavy (non-hydrogen) atoms. The highest BCUT2D eigenvalue weighted by molar-refractivity contribution is 5.55. The average molecular weight is 232 g/mol. The highest BCUT2D eigenvalue weighted by Crippen LogP contribution is 2.32. The molecule has 1 aliphatic rings. The summed E-state index contributed by atoms with van der Waals surface area (Å²) >= 11 is 0. The molecule has 2 rings (SSSR count). The second kappa shape index (κ2) is 5.54. The van der Waals surface area contributed by atoms with Crippen LogP contribution in [0.25, 0.3) is 0 Å². The first kappa shape index (κ1) is 12.4. The van der Waals surface area contributed by atoms with E-state index in [1.54, 1.807) is 0 Å². The van der Waals surface area contributed by atoms with Crippen LogP contribution in [0.2, 0.25) is 0 Å². The van der Waals surface area contributed by atoms with Gasteiger partial charge in [0.2, 0.25) is 0 Å². The molecule has 1 saturated carbocycles. The van der Waals surface area contributed by atoms with Crippen molar-refractivity contribution in [3.63, 3.8) is 0 Å². The quantitative estimate of drug-likeness (QED) is 0.817. The van der Waals surface area contributed by atoms with Crippen molar-refractivity contribution in [3.05, 3.63) is 29.3 Å². The normalized spacial score (nSPS) is 15.0. The minimum atomic E-state index is 0.734. The fourth-order valence-corrected chi connectivity index (χ4v) is 2.39. The summed E-state index contributed by atoms with van der Waals surface area (Å²) in [4.78, 5) is 2.52. The van der Waals surface area contributed by atoms with E-state index in [2.05, 4.69) is 36.9 Å². The zero-order valence-corrected chi connectivity index (χ0v) is 11.1. The molecule has 0 aromatic heterocycles. The Labute approximate surface area is 105 Å². The molecule has 2 nitrogen and oxygen atoms in total. The van der Waals surface area contributed by atoms with E-state index in [0.29, 0.717) is 0 Å². The molecule has 0 aliphatic heterocycles. The Balaban J connectivity index is 2.20. The minimum Gasteiger partial charge on any atom is -0.371 e. The molecule has 1 fully saturated rings. The first-order chi connectivity index (χ1) is 8.24. The van der Waals surface area contributed by atoms with Gasteiger partial charge in [-0.25, -0.2) is 0 Å². The lowest BCUT2D eigenvalue weighted by molar-refractivity contribution is 0.736. The Hall–Kier alpha value is -1.02. The molecule has 1 aliphatic carbocycles. The zero-order valence-electron chi connectivity index (χ0n) is 11.1. The van der Waals surface area contributed by atoms with Crippen LogP contribution < -0.4 is 10.6 Å². The summed E-state index contributed by atoms with van der Waals surface area (Å²) < 4.78 is 0. The predicted octanol–water partition coefficient (Wildman–Crippen LogP) is 2.73. The van der Waals surface area contributed by atoms with Crippen molar-refractivity contribution in [2.75, 3.05) is 24.5 Å². The standard InChI is InChI=1S/C15H24N2/c1-3-17(11-13-5-6-13)15-7-4-12(2)10-14(15)8-9-16/h4,7,10,13H,3,5-6,8-9,11,16H2,1-2H3. The molecule has 0 heterocycles. The molecular weight excluding hydrogens is 208 g/mol. The molecule has 0 spiro atoms. The molecule has 0 atom stereocenters. The summed E-state index contributed by atoms with van der Waals surface area (Å²) in [5, 5.41) is 0. The number of hydrogen-bond donors (Lipinski definition) is 1. The number of nitrogens with two attached hydrogens (primary N) is 1. The van der Waals surface area contributed by atoms with E-state index in [9.17, 15) is 0 Å². The van der Waals surface area contributed by atoms with Gasteiger partial charge in [-0.15, -0.1) is 0 Å². The van der Waals surface area contributed by atoms with Crippen LogP contribution in [0, 0.1) is 12.8 Å². The average Bonchev–Trinajstić information content (AvgIpc) is 3.11. The van der Waals surface area contributed by atoms with Gasteiger partial charge in [0.25, 0.3) is 0 Å². The van der Waals surface area contributed by atoms with Gasteiger partial charge in [0.1, 0.15) is 0 Å². The van der Waals surface area contributed by atoms with Gasteiger partial charge in [-0.1, -0.05) is 17.7 Å². The monoisotopic (exact) mass is 232 g/mol. The lowest BCUT2D eigenvalue weighted by Crippen LogP contribution is -2.26. The van der Waals surface area contributed by atoms with E-state index in [0.717, 1.165) is 25.4 Å².